The summed E-state index contributed by atoms with van der Waals surface area (Å²) in [5.74, 6) is -0.123. The second-order valence-electron chi connectivity index (χ2n) is 6.11. The number of rotatable bonds is 3. The molecule has 0 aliphatic carbocycles. The van der Waals surface area contributed by atoms with E-state index in [4.69, 9.17) is 0 Å². The Morgan fingerprint density at radius 2 is 1.71 bits per heavy atom. The van der Waals surface area contributed by atoms with E-state index in [0.29, 0.717) is 10.6 Å². The molecule has 1 aromatic carbocycles. The first-order valence-electron chi connectivity index (χ1n) is 8.40. The molecule has 0 atom stereocenters. The van der Waals surface area contributed by atoms with E-state index < -0.39 is 0 Å². The summed E-state index contributed by atoms with van der Waals surface area (Å²) >= 11 is 1.42. The summed E-state index contributed by atoms with van der Waals surface area (Å²) in [5.41, 5.74) is 2.53. The van der Waals surface area contributed by atoms with Crippen molar-refractivity contribution in [1.29, 1.82) is 0 Å². The molecule has 2 heterocycles. The molecule has 5 heteroatoms. The predicted octanol–water partition coefficient (Wildman–Crippen LogP) is 4.39. The summed E-state index contributed by atoms with van der Waals surface area (Å²) < 4.78 is 0. The van der Waals surface area contributed by atoms with Gasteiger partial charge in [0.2, 0.25) is 5.91 Å². The van der Waals surface area contributed by atoms with Gasteiger partial charge >= 0.3 is 0 Å². The van der Waals surface area contributed by atoms with Crippen molar-refractivity contribution in [2.45, 2.75) is 32.6 Å². The number of nitrogens with one attached hydrogen (secondary N) is 1. The van der Waals surface area contributed by atoms with Gasteiger partial charge in [-0.15, -0.1) is 11.3 Å². The van der Waals surface area contributed by atoms with Gasteiger partial charge in [0.15, 0.2) is 0 Å². The summed E-state index contributed by atoms with van der Waals surface area (Å²) in [6.45, 7) is 3.06. The van der Waals surface area contributed by atoms with Crippen LogP contribution in [0.3, 0.4) is 0 Å². The number of carbonyl (C=O) groups excluding carboxylic acids is 2. The summed E-state index contributed by atoms with van der Waals surface area (Å²) in [5, 5.41) is 5.44. The van der Waals surface area contributed by atoms with Crippen molar-refractivity contribution in [3.05, 3.63) is 41.3 Å². The molecule has 24 heavy (non-hydrogen) atoms. The zero-order valence-corrected chi connectivity index (χ0v) is 14.7. The molecule has 0 spiro atoms. The van der Waals surface area contributed by atoms with E-state index in [1.165, 1.54) is 31.1 Å². The molecule has 2 aromatic rings. The monoisotopic (exact) mass is 342 g/mol. The van der Waals surface area contributed by atoms with Crippen LogP contribution in [0.2, 0.25) is 0 Å². The third kappa shape index (κ3) is 3.67. The van der Waals surface area contributed by atoms with Crippen LogP contribution in [0.5, 0.6) is 0 Å². The number of hydrogen-bond donors (Lipinski definition) is 1. The third-order valence-electron chi connectivity index (χ3n) is 4.27. The largest absolute Gasteiger partial charge is 0.339 e. The highest BCUT2D eigenvalue weighted by Crippen LogP contribution is 2.36. The van der Waals surface area contributed by atoms with Gasteiger partial charge in [0, 0.05) is 31.0 Å². The Morgan fingerprint density at radius 1 is 1.04 bits per heavy atom. The van der Waals surface area contributed by atoms with Crippen molar-refractivity contribution in [3.8, 4) is 11.1 Å². The van der Waals surface area contributed by atoms with Gasteiger partial charge in [0.05, 0.1) is 5.56 Å². The lowest BCUT2D eigenvalue weighted by Crippen LogP contribution is -2.32. The standard InChI is InChI=1S/C19H22N2O2S/c1-14(22)20-18-17(19(23)21-11-7-2-3-8-12-21)16(13-24-18)15-9-5-4-6-10-15/h4-6,9-10,13H,2-3,7-8,11-12H2,1H3,(H,20,22). The fourth-order valence-electron chi connectivity index (χ4n) is 3.08. The second kappa shape index (κ2) is 7.62. The molecule has 1 aliphatic heterocycles. The van der Waals surface area contributed by atoms with Gasteiger partial charge in [-0.1, -0.05) is 43.2 Å². The Hall–Kier alpha value is -2.14. The summed E-state index contributed by atoms with van der Waals surface area (Å²) in [7, 11) is 0. The maximum Gasteiger partial charge on any atom is 0.257 e. The number of anilines is 1. The number of likely N-dealkylation sites (tertiary alicyclic amines) is 1. The zero-order chi connectivity index (χ0) is 16.9. The second-order valence-corrected chi connectivity index (χ2v) is 6.99. The minimum Gasteiger partial charge on any atom is -0.339 e. The Labute approximate surface area is 146 Å². The molecular formula is C19H22N2O2S. The highest BCUT2D eigenvalue weighted by Gasteiger charge is 2.25. The van der Waals surface area contributed by atoms with Crippen LogP contribution in [0.1, 0.15) is 43.0 Å². The van der Waals surface area contributed by atoms with Crippen molar-refractivity contribution in [2.24, 2.45) is 0 Å². The minimum absolute atomic E-state index is 0.0285. The van der Waals surface area contributed by atoms with Crippen LogP contribution >= 0.6 is 11.3 Å². The van der Waals surface area contributed by atoms with Gasteiger partial charge < -0.3 is 10.2 Å². The molecule has 0 bridgehead atoms. The predicted molar refractivity (Wildman–Crippen MR) is 98.4 cm³/mol. The maximum atomic E-state index is 13.2. The van der Waals surface area contributed by atoms with Crippen molar-refractivity contribution in [2.75, 3.05) is 18.4 Å². The summed E-state index contributed by atoms with van der Waals surface area (Å²) in [4.78, 5) is 26.7. The average Bonchev–Trinajstić information content (AvgIpc) is 2.81. The molecule has 1 fully saturated rings. The molecule has 126 valence electrons. The highest BCUT2D eigenvalue weighted by molar-refractivity contribution is 7.15. The molecule has 0 unspecified atom stereocenters. The van der Waals surface area contributed by atoms with Crippen LogP contribution in [-0.4, -0.2) is 29.8 Å². The molecule has 4 nitrogen and oxygen atoms in total. The van der Waals surface area contributed by atoms with E-state index in [0.717, 1.165) is 37.1 Å². The first kappa shape index (κ1) is 16.7. The Kier molecular flexibility index (Phi) is 5.30. The fourth-order valence-corrected chi connectivity index (χ4v) is 4.09. The van der Waals surface area contributed by atoms with Gasteiger partial charge in [-0.2, -0.15) is 0 Å². The maximum absolute atomic E-state index is 13.2. The van der Waals surface area contributed by atoms with E-state index in [-0.39, 0.29) is 11.8 Å². The molecule has 3 rings (SSSR count). The van der Waals surface area contributed by atoms with Gasteiger partial charge in [-0.25, -0.2) is 0 Å². The first-order chi connectivity index (χ1) is 11.7. The van der Waals surface area contributed by atoms with E-state index in [2.05, 4.69) is 5.32 Å². The van der Waals surface area contributed by atoms with E-state index in [9.17, 15) is 9.59 Å². The van der Waals surface area contributed by atoms with Crippen molar-refractivity contribution in [3.63, 3.8) is 0 Å². The molecule has 0 saturated carbocycles. The molecule has 0 radical (unpaired) electrons. The van der Waals surface area contributed by atoms with Crippen LogP contribution < -0.4 is 5.32 Å². The molecule has 1 aliphatic rings. The van der Waals surface area contributed by atoms with Gasteiger partial charge in [0.1, 0.15) is 5.00 Å². The highest BCUT2D eigenvalue weighted by atomic mass is 32.1. The Balaban J connectivity index is 2.00. The van der Waals surface area contributed by atoms with Crippen LogP contribution in [0.15, 0.2) is 35.7 Å². The minimum atomic E-state index is -0.152. The van der Waals surface area contributed by atoms with E-state index in [1.54, 1.807) is 0 Å². The van der Waals surface area contributed by atoms with Crippen LogP contribution in [-0.2, 0) is 4.79 Å². The molecule has 1 aromatic heterocycles. The van der Waals surface area contributed by atoms with E-state index >= 15 is 0 Å². The van der Waals surface area contributed by atoms with Crippen LogP contribution in [0.25, 0.3) is 11.1 Å². The quantitative estimate of drug-likeness (QED) is 0.899. The number of carbonyl (C=O) groups is 2. The smallest absolute Gasteiger partial charge is 0.257 e. The van der Waals surface area contributed by atoms with Crippen molar-refractivity contribution in [1.82, 2.24) is 4.90 Å². The number of thiophene rings is 1. The Bertz CT molecular complexity index is 716. The van der Waals surface area contributed by atoms with Gasteiger partial charge in [0.25, 0.3) is 5.91 Å². The summed E-state index contributed by atoms with van der Waals surface area (Å²) in [6.07, 6.45) is 4.45. The summed E-state index contributed by atoms with van der Waals surface area (Å²) in [6, 6.07) is 9.88. The SMILES string of the molecule is CC(=O)Nc1scc(-c2ccccc2)c1C(=O)N1CCCCCC1. The first-order valence-corrected chi connectivity index (χ1v) is 9.28. The number of hydrogen-bond acceptors (Lipinski definition) is 3. The van der Waals surface area contributed by atoms with Crippen molar-refractivity contribution < 1.29 is 9.59 Å². The average molecular weight is 342 g/mol. The van der Waals surface area contributed by atoms with Crippen LogP contribution in [0.4, 0.5) is 5.00 Å². The zero-order valence-electron chi connectivity index (χ0n) is 13.9. The van der Waals surface area contributed by atoms with E-state index in [1.807, 2.05) is 40.6 Å². The molecule has 2 amide bonds. The van der Waals surface area contributed by atoms with Gasteiger partial charge in [-0.05, 0) is 18.4 Å². The lowest BCUT2D eigenvalue weighted by atomic mass is 10.0. The Morgan fingerprint density at radius 3 is 2.33 bits per heavy atom. The normalized spacial score (nSPS) is 15.0. The molecular weight excluding hydrogens is 320 g/mol. The number of benzene rings is 1. The number of nitrogens with zero attached hydrogens (tertiary/aromatic N) is 1. The molecule has 1 N–H and O–H groups in total. The van der Waals surface area contributed by atoms with Gasteiger partial charge in [-0.3, -0.25) is 9.59 Å². The number of amides is 2. The fraction of sp³-hybridized carbons (Fsp3) is 0.368. The lowest BCUT2D eigenvalue weighted by Gasteiger charge is -2.21. The molecule has 1 saturated heterocycles. The van der Waals surface area contributed by atoms with Crippen LogP contribution in [0, 0.1) is 0 Å². The third-order valence-corrected chi connectivity index (χ3v) is 5.17. The lowest BCUT2D eigenvalue weighted by molar-refractivity contribution is -0.114. The van der Waals surface area contributed by atoms with Crippen molar-refractivity contribution >= 4 is 28.2 Å². The topological polar surface area (TPSA) is 49.4 Å².